The summed E-state index contributed by atoms with van der Waals surface area (Å²) < 4.78 is 2.58. The highest BCUT2D eigenvalue weighted by Gasteiger charge is 2.40. The lowest BCUT2D eigenvalue weighted by molar-refractivity contribution is 0.714. The number of hydrogen-bond donors (Lipinski definition) is 0. The molecule has 3 heteroatoms. The number of rotatable bonds is 6. The Morgan fingerprint density at radius 1 is 0.386 bits per heavy atom. The SMILES string of the molecule is CC1(c2ccccc2)c2ccccc2-c2ccc(-c3ccc(-c4cc(-c5ccccc5-c5cccc6sc7ccccc7c56)nc(-c5ccccc5)n4)cc3)cc21. The van der Waals surface area contributed by atoms with E-state index in [1.54, 1.807) is 0 Å². The lowest BCUT2D eigenvalue weighted by Gasteiger charge is -2.28. The maximum Gasteiger partial charge on any atom is 0.160 e. The van der Waals surface area contributed by atoms with Crippen LogP contribution in [0.2, 0.25) is 0 Å². The molecule has 8 aromatic carbocycles. The van der Waals surface area contributed by atoms with E-state index in [1.807, 2.05) is 29.5 Å². The van der Waals surface area contributed by atoms with Crippen LogP contribution in [0.5, 0.6) is 0 Å². The smallest absolute Gasteiger partial charge is 0.160 e. The van der Waals surface area contributed by atoms with Gasteiger partial charge in [-0.1, -0.05) is 176 Å². The molecule has 1 aliphatic carbocycles. The third-order valence-corrected chi connectivity index (χ3v) is 13.0. The Morgan fingerprint density at radius 2 is 0.982 bits per heavy atom. The van der Waals surface area contributed by atoms with E-state index in [9.17, 15) is 0 Å². The molecule has 1 aliphatic rings. The summed E-state index contributed by atoms with van der Waals surface area (Å²) in [6.45, 7) is 2.37. The molecule has 268 valence electrons. The van der Waals surface area contributed by atoms with Crippen LogP contribution >= 0.6 is 11.3 Å². The van der Waals surface area contributed by atoms with Crippen molar-refractivity contribution in [3.05, 3.63) is 217 Å². The lowest BCUT2D eigenvalue weighted by Crippen LogP contribution is -2.22. The fraction of sp³-hybridized carbons (Fsp3) is 0.0370. The summed E-state index contributed by atoms with van der Waals surface area (Å²) in [6, 6.07) is 72.2. The van der Waals surface area contributed by atoms with E-state index in [4.69, 9.17) is 9.97 Å². The van der Waals surface area contributed by atoms with Crippen molar-refractivity contribution in [1.82, 2.24) is 9.97 Å². The number of nitrogens with zero attached hydrogens (tertiary/aromatic N) is 2. The fourth-order valence-corrected chi connectivity index (χ4v) is 10.1. The molecule has 0 saturated carbocycles. The minimum atomic E-state index is -0.243. The van der Waals surface area contributed by atoms with Gasteiger partial charge >= 0.3 is 0 Å². The highest BCUT2D eigenvalue weighted by Crippen LogP contribution is 2.53. The predicted molar refractivity (Wildman–Crippen MR) is 240 cm³/mol. The van der Waals surface area contributed by atoms with Crippen molar-refractivity contribution >= 4 is 31.5 Å². The van der Waals surface area contributed by atoms with Gasteiger partial charge in [-0.3, -0.25) is 0 Å². The zero-order valence-corrected chi connectivity index (χ0v) is 32.2. The van der Waals surface area contributed by atoms with Crippen LogP contribution in [0.15, 0.2) is 200 Å². The van der Waals surface area contributed by atoms with Crippen molar-refractivity contribution in [2.24, 2.45) is 0 Å². The summed E-state index contributed by atoms with van der Waals surface area (Å²) in [7, 11) is 0. The van der Waals surface area contributed by atoms with Gasteiger partial charge in [-0.15, -0.1) is 11.3 Å². The highest BCUT2D eigenvalue weighted by molar-refractivity contribution is 7.25. The Hall–Kier alpha value is -6.94. The van der Waals surface area contributed by atoms with E-state index in [0.717, 1.165) is 33.6 Å². The van der Waals surface area contributed by atoms with Gasteiger partial charge in [0.05, 0.1) is 11.4 Å². The molecule has 10 aromatic rings. The third-order valence-electron chi connectivity index (χ3n) is 11.8. The van der Waals surface area contributed by atoms with E-state index in [2.05, 4.69) is 189 Å². The molecule has 0 radical (unpaired) electrons. The first-order chi connectivity index (χ1) is 28.1. The maximum absolute atomic E-state index is 5.26. The molecule has 0 N–H and O–H groups in total. The Morgan fingerprint density at radius 3 is 1.81 bits per heavy atom. The van der Waals surface area contributed by atoms with Gasteiger partial charge < -0.3 is 0 Å². The normalized spacial score (nSPS) is 14.5. The van der Waals surface area contributed by atoms with Crippen LogP contribution in [0.25, 0.3) is 87.5 Å². The molecule has 1 atom stereocenters. The summed E-state index contributed by atoms with van der Waals surface area (Å²) in [5.74, 6) is 0.708. The van der Waals surface area contributed by atoms with Crippen LogP contribution in [0.4, 0.5) is 0 Å². The Labute approximate surface area is 336 Å². The van der Waals surface area contributed by atoms with Crippen molar-refractivity contribution in [1.29, 1.82) is 0 Å². The molecule has 0 saturated heterocycles. The molecule has 0 amide bonds. The summed E-state index contributed by atoms with van der Waals surface area (Å²) in [4.78, 5) is 10.5. The summed E-state index contributed by atoms with van der Waals surface area (Å²) >= 11 is 1.85. The molecular formula is C54H36N2S. The standard InChI is InChI=1S/C54H36N2S/c1-54(39-17-6-3-7-18-39)46-24-12-10-20-41(46)42-32-31-38(33-47(42)54)35-27-29-36(30-28-35)48-34-49(56-53(55-48)37-15-4-2-5-16-37)43-21-9-8-19-40(43)44-23-14-26-51-52(44)45-22-11-13-25-50(45)57-51/h2-34H,1H3. The first kappa shape index (κ1) is 33.4. The monoisotopic (exact) mass is 744 g/mol. The molecule has 2 aromatic heterocycles. The third kappa shape index (κ3) is 5.46. The second-order valence-corrected chi connectivity index (χ2v) is 16.1. The van der Waals surface area contributed by atoms with Gasteiger partial charge in [-0.05, 0) is 81.3 Å². The fourth-order valence-electron chi connectivity index (χ4n) is 8.98. The predicted octanol–water partition coefficient (Wildman–Crippen LogP) is 14.5. The first-order valence-corrected chi connectivity index (χ1v) is 20.3. The zero-order chi connectivity index (χ0) is 37.9. The lowest BCUT2D eigenvalue weighted by atomic mass is 9.74. The van der Waals surface area contributed by atoms with Crippen molar-refractivity contribution in [3.8, 4) is 67.3 Å². The van der Waals surface area contributed by atoms with Crippen molar-refractivity contribution in [3.63, 3.8) is 0 Å². The van der Waals surface area contributed by atoms with Crippen LogP contribution < -0.4 is 0 Å². The van der Waals surface area contributed by atoms with Gasteiger partial charge in [0.1, 0.15) is 0 Å². The van der Waals surface area contributed by atoms with Gasteiger partial charge in [0.15, 0.2) is 5.82 Å². The average molecular weight is 745 g/mol. The van der Waals surface area contributed by atoms with Gasteiger partial charge in [0.25, 0.3) is 0 Å². The molecule has 0 aliphatic heterocycles. The van der Waals surface area contributed by atoms with Crippen LogP contribution in [-0.2, 0) is 5.41 Å². The largest absolute Gasteiger partial charge is 0.228 e. The van der Waals surface area contributed by atoms with Crippen molar-refractivity contribution in [2.45, 2.75) is 12.3 Å². The first-order valence-electron chi connectivity index (χ1n) is 19.5. The molecule has 1 unspecified atom stereocenters. The molecule has 0 fully saturated rings. The summed E-state index contributed by atoms with van der Waals surface area (Å²) in [6.07, 6.45) is 0. The van der Waals surface area contributed by atoms with Crippen LogP contribution in [0.1, 0.15) is 23.6 Å². The molecular weight excluding hydrogens is 709 g/mol. The molecule has 11 rings (SSSR count). The van der Waals surface area contributed by atoms with E-state index in [0.29, 0.717) is 5.82 Å². The van der Waals surface area contributed by atoms with Crippen molar-refractivity contribution < 1.29 is 0 Å². The van der Waals surface area contributed by atoms with E-state index < -0.39 is 0 Å². The van der Waals surface area contributed by atoms with E-state index in [1.165, 1.54) is 64.7 Å². The minimum Gasteiger partial charge on any atom is -0.228 e. The van der Waals surface area contributed by atoms with Gasteiger partial charge in [0, 0.05) is 42.3 Å². The molecule has 2 heterocycles. The highest BCUT2D eigenvalue weighted by atomic mass is 32.1. The maximum atomic E-state index is 5.26. The Kier molecular flexibility index (Phi) is 7.84. The second-order valence-electron chi connectivity index (χ2n) is 15.0. The average Bonchev–Trinajstić information content (AvgIpc) is 3.80. The zero-order valence-electron chi connectivity index (χ0n) is 31.4. The van der Waals surface area contributed by atoms with Crippen LogP contribution in [0, 0.1) is 0 Å². The number of hydrogen-bond acceptors (Lipinski definition) is 3. The minimum absolute atomic E-state index is 0.243. The molecule has 2 nitrogen and oxygen atoms in total. The number of thiophene rings is 1. The van der Waals surface area contributed by atoms with Crippen molar-refractivity contribution in [2.75, 3.05) is 0 Å². The quantitative estimate of drug-likeness (QED) is 0.169. The number of benzene rings is 8. The second kappa shape index (κ2) is 13.4. The molecule has 0 spiro atoms. The number of aromatic nitrogens is 2. The van der Waals surface area contributed by atoms with Crippen LogP contribution in [0.3, 0.4) is 0 Å². The van der Waals surface area contributed by atoms with Gasteiger partial charge in [-0.2, -0.15) is 0 Å². The van der Waals surface area contributed by atoms with Gasteiger partial charge in [0.2, 0.25) is 0 Å². The Balaban J connectivity index is 1.02. The Bertz CT molecular complexity index is 3130. The van der Waals surface area contributed by atoms with Crippen LogP contribution in [-0.4, -0.2) is 9.97 Å². The summed E-state index contributed by atoms with van der Waals surface area (Å²) in [5.41, 5.74) is 16.0. The van der Waals surface area contributed by atoms with E-state index in [-0.39, 0.29) is 5.41 Å². The molecule has 57 heavy (non-hydrogen) atoms. The van der Waals surface area contributed by atoms with E-state index >= 15 is 0 Å². The number of fused-ring (bicyclic) bond motifs is 6. The summed E-state index contributed by atoms with van der Waals surface area (Å²) in [5, 5.41) is 2.58. The topological polar surface area (TPSA) is 25.8 Å². The van der Waals surface area contributed by atoms with Gasteiger partial charge in [-0.25, -0.2) is 9.97 Å². The molecule has 0 bridgehead atoms.